The Morgan fingerprint density at radius 1 is 0.867 bits per heavy atom. The van der Waals surface area contributed by atoms with Gasteiger partial charge in [-0.2, -0.15) is 0 Å². The molecule has 0 aromatic rings. The van der Waals surface area contributed by atoms with E-state index >= 15 is 0 Å². The molecule has 4 fully saturated rings. The summed E-state index contributed by atoms with van der Waals surface area (Å²) in [5.74, 6) is 4.57. The first-order valence-electron chi connectivity index (χ1n) is 12.6. The number of rotatable bonds is 1. The van der Waals surface area contributed by atoms with Crippen LogP contribution in [0.1, 0.15) is 99.8 Å². The second kappa shape index (κ2) is 8.84. The van der Waals surface area contributed by atoms with Crippen molar-refractivity contribution in [3.63, 3.8) is 0 Å². The lowest BCUT2D eigenvalue weighted by atomic mass is 9.47. The molecule has 0 heterocycles. The van der Waals surface area contributed by atoms with E-state index in [1.165, 1.54) is 62.5 Å². The maximum Gasteiger partial charge on any atom is -0.0149 e. The monoisotopic (exact) mass is 408 g/mol. The molecule has 5 atom stereocenters. The van der Waals surface area contributed by atoms with Gasteiger partial charge in [0.25, 0.3) is 0 Å². The van der Waals surface area contributed by atoms with E-state index in [1.807, 2.05) is 0 Å². The van der Waals surface area contributed by atoms with Crippen LogP contribution in [0.2, 0.25) is 0 Å². The average molecular weight is 409 g/mol. The predicted molar refractivity (Wildman–Crippen MR) is 133 cm³/mol. The first kappa shape index (κ1) is 23.6. The molecule has 0 radical (unpaired) electrons. The molecular weight excluding hydrogens is 360 g/mol. The molecule has 0 amide bonds. The number of hydrogen-bond donors (Lipinski definition) is 0. The van der Waals surface area contributed by atoms with Crippen molar-refractivity contribution in [3.8, 4) is 0 Å². The molecule has 30 heavy (non-hydrogen) atoms. The molecule has 0 saturated heterocycles. The Hall–Kier alpha value is -1.04. The highest BCUT2D eigenvalue weighted by atomic mass is 14.6. The van der Waals surface area contributed by atoms with E-state index in [9.17, 15) is 0 Å². The summed E-state index contributed by atoms with van der Waals surface area (Å²) in [6.45, 7) is 24.4. The van der Waals surface area contributed by atoms with Crippen LogP contribution in [0.25, 0.3) is 0 Å². The molecule has 0 heteroatoms. The van der Waals surface area contributed by atoms with Gasteiger partial charge in [-0.05, 0) is 113 Å². The molecule has 0 aromatic carbocycles. The van der Waals surface area contributed by atoms with Crippen molar-refractivity contribution < 1.29 is 0 Å². The van der Waals surface area contributed by atoms with Crippen LogP contribution in [0.4, 0.5) is 0 Å². The van der Waals surface area contributed by atoms with Gasteiger partial charge < -0.3 is 0 Å². The van der Waals surface area contributed by atoms with E-state index in [4.69, 9.17) is 0 Å². The number of hydrogen-bond acceptors (Lipinski definition) is 0. The van der Waals surface area contributed by atoms with Gasteiger partial charge in [-0.1, -0.05) is 75.3 Å². The van der Waals surface area contributed by atoms with Gasteiger partial charge in [-0.25, -0.2) is 0 Å². The zero-order chi connectivity index (χ0) is 22.3. The molecule has 7 rings (SSSR count). The molecule has 168 valence electrons. The summed E-state index contributed by atoms with van der Waals surface area (Å²) in [7, 11) is 0. The van der Waals surface area contributed by atoms with Crippen molar-refractivity contribution in [2.45, 2.75) is 99.8 Å². The summed E-state index contributed by atoms with van der Waals surface area (Å²) in [6.07, 6.45) is 15.6. The fraction of sp³-hybridized carbons (Fsp3) is 0.733. The number of fused-ring (bicyclic) bond motifs is 3. The fourth-order valence-corrected chi connectivity index (χ4v) is 6.80. The summed E-state index contributed by atoms with van der Waals surface area (Å²) in [5.41, 5.74) is 7.31. The molecule has 0 aliphatic heterocycles. The summed E-state index contributed by atoms with van der Waals surface area (Å²) >= 11 is 0. The van der Waals surface area contributed by atoms with Crippen LogP contribution in [-0.4, -0.2) is 0 Å². The molecular formula is C30H48. The Kier molecular flexibility index (Phi) is 6.96. The quantitative estimate of drug-likeness (QED) is 0.379. The van der Waals surface area contributed by atoms with Crippen molar-refractivity contribution in [1.29, 1.82) is 0 Å². The zero-order valence-corrected chi connectivity index (χ0v) is 21.1. The average Bonchev–Trinajstić information content (AvgIpc) is 2.68. The second-order valence-corrected chi connectivity index (χ2v) is 12.4. The van der Waals surface area contributed by atoms with Crippen molar-refractivity contribution in [3.05, 3.63) is 47.6 Å². The Morgan fingerprint density at radius 3 is 1.83 bits per heavy atom. The van der Waals surface area contributed by atoms with Gasteiger partial charge in [0.1, 0.15) is 0 Å². The highest BCUT2D eigenvalue weighted by Crippen LogP contribution is 2.60. The minimum Gasteiger partial charge on any atom is -0.0998 e. The number of allylic oxidation sites excluding steroid dienone is 6. The lowest BCUT2D eigenvalue weighted by Crippen LogP contribution is -2.48. The third-order valence-corrected chi connectivity index (χ3v) is 9.86. The van der Waals surface area contributed by atoms with Crippen molar-refractivity contribution in [1.82, 2.24) is 0 Å². The van der Waals surface area contributed by atoms with E-state index in [0.29, 0.717) is 10.8 Å². The molecule has 0 nitrogen and oxygen atoms in total. The first-order chi connectivity index (χ1) is 13.9. The van der Waals surface area contributed by atoms with Crippen molar-refractivity contribution >= 4 is 0 Å². The molecule has 0 spiro atoms. The minimum atomic E-state index is 0.606. The lowest BCUT2D eigenvalue weighted by Gasteiger charge is -2.57. The van der Waals surface area contributed by atoms with Crippen LogP contribution in [0.15, 0.2) is 47.6 Å². The van der Waals surface area contributed by atoms with E-state index in [1.54, 1.807) is 11.1 Å². The van der Waals surface area contributed by atoms with E-state index < -0.39 is 0 Å². The van der Waals surface area contributed by atoms with Gasteiger partial charge in [0.15, 0.2) is 0 Å². The normalized spacial score (nSPS) is 36.9. The zero-order valence-electron chi connectivity index (χ0n) is 21.1. The van der Waals surface area contributed by atoms with E-state index in [-0.39, 0.29) is 0 Å². The lowest BCUT2D eigenvalue weighted by molar-refractivity contribution is -0.0273. The van der Waals surface area contributed by atoms with Crippen LogP contribution in [0.5, 0.6) is 0 Å². The third-order valence-electron chi connectivity index (χ3n) is 9.86. The van der Waals surface area contributed by atoms with Gasteiger partial charge in [-0.15, -0.1) is 0 Å². The fourth-order valence-electron chi connectivity index (χ4n) is 6.80. The standard InChI is InChI=1S/3C10H16/c2*1-7-4-5-8-6-9(7)10(8,2)3;1-8(2)10-6-4-9(3)5-7-10/h4,8-9H,5-6H2,1-3H3;8-9H,1,4-6H2,2-3H3;4,10H,1,5-7H2,2-3H3. The van der Waals surface area contributed by atoms with Crippen LogP contribution < -0.4 is 0 Å². The SMILES string of the molecule is C=C(C)C1CC=C(C)CC1.C=C1CCC2CC1C2(C)C.CC1=CCC2CC1C2(C)C. The van der Waals surface area contributed by atoms with E-state index in [2.05, 4.69) is 73.8 Å². The maximum absolute atomic E-state index is 4.13. The van der Waals surface area contributed by atoms with E-state index in [0.717, 1.165) is 29.6 Å². The third kappa shape index (κ3) is 4.58. The van der Waals surface area contributed by atoms with Crippen LogP contribution in [0, 0.1) is 40.4 Å². The Morgan fingerprint density at radius 2 is 1.50 bits per heavy atom. The molecule has 5 unspecified atom stereocenters. The van der Waals surface area contributed by atoms with Gasteiger partial charge in [0.05, 0.1) is 0 Å². The van der Waals surface area contributed by atoms with Gasteiger partial charge in [0, 0.05) is 0 Å². The van der Waals surface area contributed by atoms with Crippen LogP contribution in [-0.2, 0) is 0 Å². The van der Waals surface area contributed by atoms with Crippen molar-refractivity contribution in [2.24, 2.45) is 40.4 Å². The summed E-state index contributed by atoms with van der Waals surface area (Å²) in [4.78, 5) is 0. The maximum atomic E-state index is 4.13. The summed E-state index contributed by atoms with van der Waals surface area (Å²) in [6, 6.07) is 0. The topological polar surface area (TPSA) is 0 Å². The predicted octanol–water partition coefficient (Wildman–Crippen LogP) is 9.31. The van der Waals surface area contributed by atoms with Crippen LogP contribution in [0.3, 0.4) is 0 Å². The Labute approximate surface area is 188 Å². The summed E-state index contributed by atoms with van der Waals surface area (Å²) in [5, 5.41) is 0. The molecule has 4 saturated carbocycles. The second-order valence-electron chi connectivity index (χ2n) is 12.4. The molecule has 7 aliphatic rings. The first-order valence-corrected chi connectivity index (χ1v) is 12.6. The Bertz CT molecular complexity index is 721. The largest absolute Gasteiger partial charge is 0.0998 e. The molecule has 7 aliphatic carbocycles. The van der Waals surface area contributed by atoms with Crippen LogP contribution >= 0.6 is 0 Å². The van der Waals surface area contributed by atoms with Gasteiger partial charge >= 0.3 is 0 Å². The van der Waals surface area contributed by atoms with Gasteiger partial charge in [-0.3, -0.25) is 0 Å². The highest BCUT2D eigenvalue weighted by molar-refractivity contribution is 5.21. The molecule has 0 aromatic heterocycles. The Balaban J connectivity index is 0.000000128. The molecule has 0 N–H and O–H groups in total. The minimum absolute atomic E-state index is 0.606. The molecule has 4 bridgehead atoms. The summed E-state index contributed by atoms with van der Waals surface area (Å²) < 4.78 is 0. The van der Waals surface area contributed by atoms with Crippen molar-refractivity contribution in [2.75, 3.05) is 0 Å². The van der Waals surface area contributed by atoms with Gasteiger partial charge in [0.2, 0.25) is 0 Å². The highest BCUT2D eigenvalue weighted by Gasteiger charge is 2.51. The smallest absolute Gasteiger partial charge is 0.0149 e.